The molecule has 24 heavy (non-hydrogen) atoms. The Hall–Kier alpha value is -1.88. The predicted molar refractivity (Wildman–Crippen MR) is 95.8 cm³/mol. The fraction of sp³-hybridized carbons (Fsp3) is 0.579. The molecule has 5 heteroatoms. The lowest BCUT2D eigenvalue weighted by molar-refractivity contribution is 0.185. The number of aromatic nitrogens is 2. The second-order valence-electron chi connectivity index (χ2n) is 7.19. The molecule has 0 amide bonds. The van der Waals surface area contributed by atoms with Gasteiger partial charge in [-0.2, -0.15) is 4.98 Å². The second-order valence-corrected chi connectivity index (χ2v) is 7.19. The van der Waals surface area contributed by atoms with Crippen molar-refractivity contribution in [2.75, 3.05) is 18.4 Å². The van der Waals surface area contributed by atoms with Gasteiger partial charge in [-0.15, -0.1) is 0 Å². The van der Waals surface area contributed by atoms with Crippen molar-refractivity contribution in [2.24, 2.45) is 5.92 Å². The van der Waals surface area contributed by atoms with Crippen molar-refractivity contribution in [2.45, 2.75) is 52.6 Å². The summed E-state index contributed by atoms with van der Waals surface area (Å²) < 4.78 is 5.27. The van der Waals surface area contributed by atoms with E-state index in [-0.39, 0.29) is 5.92 Å². The first kappa shape index (κ1) is 17.0. The molecule has 0 radical (unpaired) electrons. The van der Waals surface area contributed by atoms with E-state index in [0.29, 0.717) is 12.6 Å². The van der Waals surface area contributed by atoms with Crippen LogP contribution in [0, 0.1) is 5.92 Å². The first-order valence-electron chi connectivity index (χ1n) is 8.98. The summed E-state index contributed by atoms with van der Waals surface area (Å²) in [5.74, 6) is 1.89. The second kappa shape index (κ2) is 7.79. The molecule has 1 fully saturated rings. The Morgan fingerprint density at radius 3 is 2.58 bits per heavy atom. The molecule has 3 rings (SSSR count). The highest BCUT2D eigenvalue weighted by Crippen LogP contribution is 2.20. The Labute approximate surface area is 144 Å². The minimum Gasteiger partial charge on any atom is -0.334 e. The molecule has 1 saturated heterocycles. The highest BCUT2D eigenvalue weighted by Gasteiger charge is 2.17. The smallest absolute Gasteiger partial charge is 0.321 e. The molecule has 1 N–H and O–H groups in total. The Morgan fingerprint density at radius 2 is 1.92 bits per heavy atom. The zero-order valence-corrected chi connectivity index (χ0v) is 15.0. The van der Waals surface area contributed by atoms with Gasteiger partial charge in [0.25, 0.3) is 0 Å². The average Bonchev–Trinajstić information content (AvgIpc) is 3.05. The summed E-state index contributed by atoms with van der Waals surface area (Å²) in [4.78, 5) is 6.94. The largest absolute Gasteiger partial charge is 0.334 e. The third-order valence-corrected chi connectivity index (χ3v) is 4.78. The number of anilines is 1. The molecule has 0 spiro atoms. The molecule has 0 bridgehead atoms. The van der Waals surface area contributed by atoms with E-state index in [0.717, 1.165) is 18.3 Å². The third-order valence-electron chi connectivity index (χ3n) is 4.78. The first-order valence-corrected chi connectivity index (χ1v) is 8.98. The SMILES string of the molecule is CC1CCN(Cc2ccccc2CNc2nc(C(C)C)no2)CC1. The van der Waals surface area contributed by atoms with Crippen LogP contribution in [0.4, 0.5) is 6.01 Å². The molecule has 0 atom stereocenters. The number of benzene rings is 1. The van der Waals surface area contributed by atoms with Crippen LogP contribution in [-0.2, 0) is 13.1 Å². The van der Waals surface area contributed by atoms with Gasteiger partial charge in [-0.05, 0) is 43.0 Å². The Bertz CT molecular complexity index is 644. The monoisotopic (exact) mass is 328 g/mol. The molecule has 0 unspecified atom stereocenters. The lowest BCUT2D eigenvalue weighted by Gasteiger charge is -2.30. The van der Waals surface area contributed by atoms with E-state index in [4.69, 9.17) is 4.52 Å². The molecule has 2 heterocycles. The van der Waals surface area contributed by atoms with Crippen LogP contribution < -0.4 is 5.32 Å². The first-order chi connectivity index (χ1) is 11.6. The fourth-order valence-corrected chi connectivity index (χ4v) is 3.06. The van der Waals surface area contributed by atoms with Crippen molar-refractivity contribution in [3.05, 3.63) is 41.2 Å². The number of hydrogen-bond donors (Lipinski definition) is 1. The molecule has 1 aliphatic rings. The van der Waals surface area contributed by atoms with Crippen LogP contribution in [0.15, 0.2) is 28.8 Å². The quantitative estimate of drug-likeness (QED) is 0.867. The van der Waals surface area contributed by atoms with Crippen molar-refractivity contribution in [3.8, 4) is 0 Å². The van der Waals surface area contributed by atoms with E-state index in [9.17, 15) is 0 Å². The number of piperidine rings is 1. The minimum atomic E-state index is 0.276. The summed E-state index contributed by atoms with van der Waals surface area (Å²) >= 11 is 0. The fourth-order valence-electron chi connectivity index (χ4n) is 3.06. The highest BCUT2D eigenvalue weighted by molar-refractivity contribution is 5.31. The number of rotatable bonds is 6. The maximum absolute atomic E-state index is 5.27. The van der Waals surface area contributed by atoms with Gasteiger partial charge >= 0.3 is 6.01 Å². The van der Waals surface area contributed by atoms with E-state index in [1.165, 1.54) is 37.1 Å². The lowest BCUT2D eigenvalue weighted by atomic mass is 9.98. The maximum Gasteiger partial charge on any atom is 0.321 e. The molecule has 2 aromatic rings. The van der Waals surface area contributed by atoms with Crippen LogP contribution >= 0.6 is 0 Å². The third kappa shape index (κ3) is 4.35. The van der Waals surface area contributed by atoms with Crippen molar-refractivity contribution in [3.63, 3.8) is 0 Å². The highest BCUT2D eigenvalue weighted by atomic mass is 16.5. The minimum absolute atomic E-state index is 0.276. The normalized spacial score (nSPS) is 16.7. The van der Waals surface area contributed by atoms with E-state index >= 15 is 0 Å². The van der Waals surface area contributed by atoms with Crippen LogP contribution in [-0.4, -0.2) is 28.1 Å². The zero-order chi connectivity index (χ0) is 16.9. The Balaban J connectivity index is 1.61. The van der Waals surface area contributed by atoms with Crippen molar-refractivity contribution in [1.29, 1.82) is 0 Å². The van der Waals surface area contributed by atoms with Crippen LogP contribution in [0.1, 0.15) is 56.5 Å². The number of likely N-dealkylation sites (tertiary alicyclic amines) is 1. The zero-order valence-electron chi connectivity index (χ0n) is 15.0. The number of hydrogen-bond acceptors (Lipinski definition) is 5. The molecule has 0 saturated carbocycles. The molecule has 0 aliphatic carbocycles. The van der Waals surface area contributed by atoms with Gasteiger partial charge in [-0.25, -0.2) is 0 Å². The van der Waals surface area contributed by atoms with E-state index in [1.54, 1.807) is 0 Å². The Kier molecular flexibility index (Phi) is 5.51. The Morgan fingerprint density at radius 1 is 1.21 bits per heavy atom. The van der Waals surface area contributed by atoms with Gasteiger partial charge in [-0.3, -0.25) is 4.90 Å². The van der Waals surface area contributed by atoms with Gasteiger partial charge in [0.05, 0.1) is 0 Å². The number of nitrogens with one attached hydrogen (secondary N) is 1. The lowest BCUT2D eigenvalue weighted by Crippen LogP contribution is -2.32. The van der Waals surface area contributed by atoms with Gasteiger partial charge in [0.1, 0.15) is 0 Å². The van der Waals surface area contributed by atoms with Crippen molar-refractivity contribution < 1.29 is 4.52 Å². The summed E-state index contributed by atoms with van der Waals surface area (Å²) in [6, 6.07) is 9.11. The summed E-state index contributed by atoms with van der Waals surface area (Å²) in [5, 5.41) is 7.26. The maximum atomic E-state index is 5.27. The number of nitrogens with zero attached hydrogens (tertiary/aromatic N) is 3. The van der Waals surface area contributed by atoms with Crippen LogP contribution in [0.5, 0.6) is 0 Å². The molecule has 1 aromatic heterocycles. The van der Waals surface area contributed by atoms with E-state index in [2.05, 4.69) is 65.4 Å². The van der Waals surface area contributed by atoms with Crippen LogP contribution in [0.25, 0.3) is 0 Å². The van der Waals surface area contributed by atoms with Gasteiger partial charge in [0, 0.05) is 19.0 Å². The molecule has 1 aliphatic heterocycles. The average molecular weight is 328 g/mol. The molecular weight excluding hydrogens is 300 g/mol. The van der Waals surface area contributed by atoms with Crippen LogP contribution in [0.3, 0.4) is 0 Å². The van der Waals surface area contributed by atoms with Gasteiger partial charge < -0.3 is 9.84 Å². The van der Waals surface area contributed by atoms with Crippen molar-refractivity contribution in [1.82, 2.24) is 15.0 Å². The molecule has 5 nitrogen and oxygen atoms in total. The van der Waals surface area contributed by atoms with E-state index in [1.807, 2.05) is 0 Å². The summed E-state index contributed by atoms with van der Waals surface area (Å²) in [6.45, 7) is 10.6. The standard InChI is InChI=1S/C19H28N4O/c1-14(2)18-21-19(24-22-18)20-12-16-6-4-5-7-17(16)13-23-10-8-15(3)9-11-23/h4-7,14-15H,8-13H2,1-3H3,(H,20,21,22). The summed E-state index contributed by atoms with van der Waals surface area (Å²) in [6.07, 6.45) is 2.61. The van der Waals surface area contributed by atoms with E-state index < -0.39 is 0 Å². The summed E-state index contributed by atoms with van der Waals surface area (Å²) in [5.41, 5.74) is 2.67. The topological polar surface area (TPSA) is 54.2 Å². The van der Waals surface area contributed by atoms with Gasteiger partial charge in [-0.1, -0.05) is 50.2 Å². The molecule has 130 valence electrons. The molecule has 1 aromatic carbocycles. The van der Waals surface area contributed by atoms with Crippen LogP contribution in [0.2, 0.25) is 0 Å². The van der Waals surface area contributed by atoms with Crippen molar-refractivity contribution >= 4 is 6.01 Å². The summed E-state index contributed by atoms with van der Waals surface area (Å²) in [7, 11) is 0. The molecular formula is C19H28N4O. The predicted octanol–water partition coefficient (Wildman–Crippen LogP) is 4.04. The van der Waals surface area contributed by atoms with Gasteiger partial charge in [0.2, 0.25) is 0 Å². The van der Waals surface area contributed by atoms with Gasteiger partial charge in [0.15, 0.2) is 5.82 Å².